The lowest BCUT2D eigenvalue weighted by Gasteiger charge is -2.44. The molecule has 0 bridgehead atoms. The van der Waals surface area contributed by atoms with E-state index in [0.717, 1.165) is 5.57 Å². The van der Waals surface area contributed by atoms with Gasteiger partial charge in [-0.3, -0.25) is 9.59 Å². The molecule has 7 nitrogen and oxygen atoms in total. The maximum atomic E-state index is 12.9. The number of ether oxygens (including phenoxy) is 1. The normalized spacial score (nSPS) is 29.6. The summed E-state index contributed by atoms with van der Waals surface area (Å²) in [5.74, 6) is -1.09. The minimum atomic E-state index is -1.09. The molecule has 2 aliphatic carbocycles. The molecule has 0 aliphatic heterocycles. The largest absolute Gasteiger partial charge is 0.481 e. The molecule has 7 atom stereocenters. The van der Waals surface area contributed by atoms with Crippen LogP contribution in [0.3, 0.4) is 0 Å². The molecular formula is C25H40O7. The smallest absolute Gasteiger partial charge is 0.311 e. The molecular weight excluding hydrogens is 412 g/mol. The minimum Gasteiger partial charge on any atom is -0.481 e. The summed E-state index contributed by atoms with van der Waals surface area (Å²) >= 11 is 0. The maximum Gasteiger partial charge on any atom is 0.311 e. The number of hydrogen-bond acceptors (Lipinski definition) is 6. The van der Waals surface area contributed by atoms with Crippen LogP contribution < -0.4 is 0 Å². The van der Waals surface area contributed by atoms with Crippen LogP contribution in [0.15, 0.2) is 23.8 Å². The SMILES string of the molecule is CCC(C)(C)C(=O)O[C@@H]1CC(CO)C=C2C=C[C@@H](C)[C@@H](CC[C@H](O)C[C@H](O)CC(=O)O)[C@@H]21. The van der Waals surface area contributed by atoms with E-state index in [2.05, 4.69) is 25.2 Å². The van der Waals surface area contributed by atoms with Gasteiger partial charge in [0, 0.05) is 18.4 Å². The molecule has 0 amide bonds. The van der Waals surface area contributed by atoms with Crippen molar-refractivity contribution < 1.29 is 34.8 Å². The first-order valence-electron chi connectivity index (χ1n) is 11.8. The molecule has 4 N–H and O–H groups in total. The van der Waals surface area contributed by atoms with Gasteiger partial charge in [0.25, 0.3) is 0 Å². The standard InChI is InChI=1S/C25H40O7/c1-5-25(3,4)24(31)32-21-11-16(14-26)10-17-7-6-15(2)20(23(17)21)9-8-18(27)12-19(28)13-22(29)30/h6-7,10,15-16,18-21,23,26-28H,5,8-9,11-14H2,1-4H3,(H,29,30)/t15-,16?,18+,19+,20-,21-,23-/m1/s1. The molecule has 0 saturated heterocycles. The van der Waals surface area contributed by atoms with Crippen molar-refractivity contribution in [1.29, 1.82) is 0 Å². The van der Waals surface area contributed by atoms with Crippen molar-refractivity contribution in [2.45, 2.75) is 84.5 Å². The Morgan fingerprint density at radius 2 is 1.94 bits per heavy atom. The number of aliphatic hydroxyl groups excluding tert-OH is 3. The first-order valence-corrected chi connectivity index (χ1v) is 11.8. The van der Waals surface area contributed by atoms with Crippen molar-refractivity contribution in [1.82, 2.24) is 0 Å². The number of esters is 1. The molecule has 0 radical (unpaired) electrons. The fourth-order valence-electron chi connectivity index (χ4n) is 4.77. The van der Waals surface area contributed by atoms with Gasteiger partial charge in [0.05, 0.1) is 24.0 Å². The van der Waals surface area contributed by atoms with Gasteiger partial charge < -0.3 is 25.2 Å². The van der Waals surface area contributed by atoms with E-state index in [1.807, 2.05) is 20.8 Å². The Labute approximate surface area is 191 Å². The molecule has 0 saturated carbocycles. The Balaban J connectivity index is 2.16. The van der Waals surface area contributed by atoms with Crippen LogP contribution in [-0.2, 0) is 14.3 Å². The second-order valence-electron chi connectivity index (χ2n) is 10.2. The summed E-state index contributed by atoms with van der Waals surface area (Å²) in [5, 5.41) is 38.8. The van der Waals surface area contributed by atoms with Gasteiger partial charge in [-0.15, -0.1) is 0 Å². The fraction of sp³-hybridized carbons (Fsp3) is 0.760. The molecule has 0 heterocycles. The van der Waals surface area contributed by atoms with Crippen LogP contribution >= 0.6 is 0 Å². The van der Waals surface area contributed by atoms with Crippen LogP contribution in [0, 0.1) is 29.1 Å². The second kappa shape index (κ2) is 11.4. The van der Waals surface area contributed by atoms with Gasteiger partial charge in [0.15, 0.2) is 0 Å². The zero-order valence-electron chi connectivity index (χ0n) is 19.7. The molecule has 0 aromatic heterocycles. The summed E-state index contributed by atoms with van der Waals surface area (Å²) in [6.45, 7) is 7.81. The number of carbonyl (C=O) groups excluding carboxylic acids is 1. The Kier molecular flexibility index (Phi) is 9.49. The number of carboxylic acid groups (broad SMARTS) is 1. The van der Waals surface area contributed by atoms with Gasteiger partial charge in [0.1, 0.15) is 6.10 Å². The van der Waals surface area contributed by atoms with Crippen molar-refractivity contribution in [3.8, 4) is 0 Å². The van der Waals surface area contributed by atoms with E-state index < -0.39 is 23.6 Å². The number of rotatable bonds is 11. The average molecular weight is 453 g/mol. The lowest BCUT2D eigenvalue weighted by Crippen LogP contribution is -2.43. The van der Waals surface area contributed by atoms with Crippen LogP contribution in [0.5, 0.6) is 0 Å². The zero-order chi connectivity index (χ0) is 24.1. The summed E-state index contributed by atoms with van der Waals surface area (Å²) in [5.41, 5.74) is 0.476. The molecule has 32 heavy (non-hydrogen) atoms. The van der Waals surface area contributed by atoms with E-state index >= 15 is 0 Å². The summed E-state index contributed by atoms with van der Waals surface area (Å²) in [4.78, 5) is 23.6. The number of allylic oxidation sites excluding steroid dienone is 2. The third-order valence-electron chi connectivity index (χ3n) is 7.19. The average Bonchev–Trinajstić information content (AvgIpc) is 2.72. The van der Waals surface area contributed by atoms with Crippen molar-refractivity contribution in [3.05, 3.63) is 23.8 Å². The Morgan fingerprint density at radius 1 is 1.25 bits per heavy atom. The molecule has 0 fully saturated rings. The highest BCUT2D eigenvalue weighted by Gasteiger charge is 2.43. The molecule has 0 spiro atoms. The Bertz CT molecular complexity index is 711. The van der Waals surface area contributed by atoms with Gasteiger partial charge in [0.2, 0.25) is 0 Å². The molecule has 0 aromatic carbocycles. The van der Waals surface area contributed by atoms with Crippen molar-refractivity contribution in [2.75, 3.05) is 6.61 Å². The van der Waals surface area contributed by atoms with Crippen molar-refractivity contribution in [2.24, 2.45) is 29.1 Å². The van der Waals surface area contributed by atoms with E-state index in [-0.39, 0.29) is 55.2 Å². The van der Waals surface area contributed by atoms with Crippen LogP contribution in [0.25, 0.3) is 0 Å². The number of carboxylic acids is 1. The molecule has 0 aromatic rings. The molecule has 2 rings (SSSR count). The van der Waals surface area contributed by atoms with E-state index in [4.69, 9.17) is 9.84 Å². The van der Waals surface area contributed by atoms with E-state index in [9.17, 15) is 24.9 Å². The lowest BCUT2D eigenvalue weighted by atomic mass is 9.65. The fourth-order valence-corrected chi connectivity index (χ4v) is 4.77. The summed E-state index contributed by atoms with van der Waals surface area (Å²) in [6.07, 6.45) is 5.97. The minimum absolute atomic E-state index is 0.00428. The monoisotopic (exact) mass is 452 g/mol. The number of aliphatic hydroxyl groups is 3. The van der Waals surface area contributed by atoms with Crippen molar-refractivity contribution in [3.63, 3.8) is 0 Å². The first kappa shape index (κ1) is 26.6. The number of carbonyl (C=O) groups is 2. The van der Waals surface area contributed by atoms with Crippen LogP contribution in [0.1, 0.15) is 66.2 Å². The first-order chi connectivity index (χ1) is 15.0. The molecule has 182 valence electrons. The number of fused-ring (bicyclic) bond motifs is 1. The number of hydrogen-bond donors (Lipinski definition) is 4. The topological polar surface area (TPSA) is 124 Å². The van der Waals surface area contributed by atoms with Gasteiger partial charge in [-0.2, -0.15) is 0 Å². The predicted molar refractivity (Wildman–Crippen MR) is 121 cm³/mol. The third kappa shape index (κ3) is 6.90. The lowest BCUT2D eigenvalue weighted by molar-refractivity contribution is -0.165. The molecule has 2 aliphatic rings. The van der Waals surface area contributed by atoms with Crippen molar-refractivity contribution >= 4 is 11.9 Å². The highest BCUT2D eigenvalue weighted by molar-refractivity contribution is 5.76. The second-order valence-corrected chi connectivity index (χ2v) is 10.2. The van der Waals surface area contributed by atoms with E-state index in [1.165, 1.54) is 0 Å². The molecule has 1 unspecified atom stereocenters. The van der Waals surface area contributed by atoms with Crippen LogP contribution in [0.2, 0.25) is 0 Å². The number of aliphatic carboxylic acids is 1. The Morgan fingerprint density at radius 3 is 2.53 bits per heavy atom. The molecule has 7 heteroatoms. The predicted octanol–water partition coefficient (Wildman–Crippen LogP) is 3.08. The highest BCUT2D eigenvalue weighted by Crippen LogP contribution is 2.45. The summed E-state index contributed by atoms with van der Waals surface area (Å²) in [6, 6.07) is 0. The third-order valence-corrected chi connectivity index (χ3v) is 7.19. The van der Waals surface area contributed by atoms with Gasteiger partial charge in [-0.25, -0.2) is 0 Å². The van der Waals surface area contributed by atoms with Gasteiger partial charge in [-0.05, 0) is 63.4 Å². The van der Waals surface area contributed by atoms with E-state index in [1.54, 1.807) is 0 Å². The quantitative estimate of drug-likeness (QED) is 0.355. The Hall–Kier alpha value is -1.70. The van der Waals surface area contributed by atoms with Crippen LogP contribution in [0.4, 0.5) is 0 Å². The van der Waals surface area contributed by atoms with Gasteiger partial charge >= 0.3 is 11.9 Å². The zero-order valence-corrected chi connectivity index (χ0v) is 19.7. The van der Waals surface area contributed by atoms with Gasteiger partial charge in [-0.1, -0.05) is 32.1 Å². The maximum absolute atomic E-state index is 12.9. The van der Waals surface area contributed by atoms with E-state index in [0.29, 0.717) is 25.7 Å². The van der Waals surface area contributed by atoms with Crippen LogP contribution in [-0.4, -0.2) is 57.3 Å². The summed E-state index contributed by atoms with van der Waals surface area (Å²) in [7, 11) is 0. The highest BCUT2D eigenvalue weighted by atomic mass is 16.5. The summed E-state index contributed by atoms with van der Waals surface area (Å²) < 4.78 is 6.05.